The summed E-state index contributed by atoms with van der Waals surface area (Å²) in [5.74, 6) is -0.680. The molecular formula is C24H23FN2O2. The summed E-state index contributed by atoms with van der Waals surface area (Å²) in [6.45, 7) is 2.86. The van der Waals surface area contributed by atoms with Gasteiger partial charge in [-0.05, 0) is 61.4 Å². The Balaban J connectivity index is 1.65. The van der Waals surface area contributed by atoms with E-state index in [4.69, 9.17) is 0 Å². The molecule has 3 aromatic rings. The SMILES string of the molecule is CCN(C(=O)c1cccc(C(=O)NCCc2ccc(F)cc2)c1)c1ccccc1. The van der Waals surface area contributed by atoms with Crippen LogP contribution in [0.2, 0.25) is 0 Å². The number of benzene rings is 3. The fourth-order valence-corrected chi connectivity index (χ4v) is 3.07. The molecule has 0 saturated carbocycles. The molecule has 0 saturated heterocycles. The zero-order valence-corrected chi connectivity index (χ0v) is 16.3. The number of hydrogen-bond donors (Lipinski definition) is 1. The molecule has 5 heteroatoms. The average molecular weight is 390 g/mol. The lowest BCUT2D eigenvalue weighted by Crippen LogP contribution is -2.31. The van der Waals surface area contributed by atoms with Crippen LogP contribution in [0, 0.1) is 5.82 Å². The Hall–Kier alpha value is -3.47. The number of hydrogen-bond acceptors (Lipinski definition) is 2. The van der Waals surface area contributed by atoms with Gasteiger partial charge in [0, 0.05) is 29.9 Å². The van der Waals surface area contributed by atoms with Gasteiger partial charge in [0.2, 0.25) is 0 Å². The highest BCUT2D eigenvalue weighted by Gasteiger charge is 2.17. The maximum Gasteiger partial charge on any atom is 0.258 e. The number of carbonyl (C=O) groups is 2. The maximum atomic E-state index is 13.0. The molecule has 0 atom stereocenters. The molecule has 0 unspecified atom stereocenters. The maximum absolute atomic E-state index is 13.0. The molecule has 0 heterocycles. The Kier molecular flexibility index (Phi) is 6.74. The molecule has 1 N–H and O–H groups in total. The first kappa shape index (κ1) is 20.3. The number of nitrogens with one attached hydrogen (secondary N) is 1. The first-order valence-electron chi connectivity index (χ1n) is 9.58. The van der Waals surface area contributed by atoms with Crippen LogP contribution in [0.25, 0.3) is 0 Å². The zero-order chi connectivity index (χ0) is 20.6. The van der Waals surface area contributed by atoms with Gasteiger partial charge in [-0.15, -0.1) is 0 Å². The summed E-state index contributed by atoms with van der Waals surface area (Å²) >= 11 is 0. The van der Waals surface area contributed by atoms with Crippen LogP contribution in [0.5, 0.6) is 0 Å². The van der Waals surface area contributed by atoms with E-state index in [1.54, 1.807) is 41.3 Å². The Labute approximate surface area is 170 Å². The van der Waals surface area contributed by atoms with E-state index in [9.17, 15) is 14.0 Å². The molecule has 3 rings (SSSR count). The van der Waals surface area contributed by atoms with E-state index in [-0.39, 0.29) is 17.6 Å². The third-order valence-corrected chi connectivity index (χ3v) is 4.61. The molecule has 0 spiro atoms. The van der Waals surface area contributed by atoms with Gasteiger partial charge < -0.3 is 10.2 Å². The molecule has 3 aromatic carbocycles. The van der Waals surface area contributed by atoms with Gasteiger partial charge >= 0.3 is 0 Å². The lowest BCUT2D eigenvalue weighted by Gasteiger charge is -2.21. The average Bonchev–Trinajstić information content (AvgIpc) is 2.76. The zero-order valence-electron chi connectivity index (χ0n) is 16.3. The summed E-state index contributed by atoms with van der Waals surface area (Å²) in [5, 5.41) is 2.85. The van der Waals surface area contributed by atoms with Crippen molar-refractivity contribution in [2.24, 2.45) is 0 Å². The number of anilines is 1. The van der Waals surface area contributed by atoms with Crippen LogP contribution < -0.4 is 10.2 Å². The van der Waals surface area contributed by atoms with Crippen LogP contribution in [0.4, 0.5) is 10.1 Å². The number of amides is 2. The van der Waals surface area contributed by atoms with Crippen molar-refractivity contribution >= 4 is 17.5 Å². The fourth-order valence-electron chi connectivity index (χ4n) is 3.07. The smallest absolute Gasteiger partial charge is 0.258 e. The topological polar surface area (TPSA) is 49.4 Å². The van der Waals surface area contributed by atoms with Crippen LogP contribution in [-0.4, -0.2) is 24.9 Å². The minimum atomic E-state index is -0.282. The van der Waals surface area contributed by atoms with E-state index >= 15 is 0 Å². The van der Waals surface area contributed by atoms with Crippen LogP contribution in [0.3, 0.4) is 0 Å². The normalized spacial score (nSPS) is 10.4. The lowest BCUT2D eigenvalue weighted by molar-refractivity contribution is 0.0954. The second kappa shape index (κ2) is 9.64. The van der Waals surface area contributed by atoms with Crippen molar-refractivity contribution in [2.75, 3.05) is 18.0 Å². The first-order valence-corrected chi connectivity index (χ1v) is 9.58. The van der Waals surface area contributed by atoms with Crippen LogP contribution >= 0.6 is 0 Å². The van der Waals surface area contributed by atoms with Crippen molar-refractivity contribution < 1.29 is 14.0 Å². The van der Waals surface area contributed by atoms with Crippen molar-refractivity contribution in [1.82, 2.24) is 5.32 Å². The summed E-state index contributed by atoms with van der Waals surface area (Å²) in [4.78, 5) is 27.1. The standard InChI is InChI=1S/C24H23FN2O2/c1-2-27(22-9-4-3-5-10-22)24(29)20-8-6-7-19(17-20)23(28)26-16-15-18-11-13-21(25)14-12-18/h3-14,17H,2,15-16H2,1H3,(H,26,28). The van der Waals surface area contributed by atoms with E-state index in [0.29, 0.717) is 30.6 Å². The molecule has 29 heavy (non-hydrogen) atoms. The Bertz CT molecular complexity index is 972. The Morgan fingerprint density at radius 2 is 1.59 bits per heavy atom. The number of rotatable bonds is 7. The molecule has 0 radical (unpaired) electrons. The second-order valence-corrected chi connectivity index (χ2v) is 6.60. The molecule has 0 aliphatic rings. The summed E-state index contributed by atoms with van der Waals surface area (Å²) in [6.07, 6.45) is 0.599. The highest BCUT2D eigenvalue weighted by atomic mass is 19.1. The Morgan fingerprint density at radius 1 is 0.897 bits per heavy atom. The lowest BCUT2D eigenvalue weighted by atomic mass is 10.1. The van der Waals surface area contributed by atoms with E-state index in [1.807, 2.05) is 37.3 Å². The van der Waals surface area contributed by atoms with Crippen molar-refractivity contribution in [1.29, 1.82) is 0 Å². The molecule has 0 bridgehead atoms. The van der Waals surface area contributed by atoms with Crippen LogP contribution in [0.1, 0.15) is 33.2 Å². The van der Waals surface area contributed by atoms with E-state index < -0.39 is 0 Å². The fraction of sp³-hybridized carbons (Fsp3) is 0.167. The third-order valence-electron chi connectivity index (χ3n) is 4.61. The van der Waals surface area contributed by atoms with Gasteiger partial charge in [0.15, 0.2) is 0 Å². The second-order valence-electron chi connectivity index (χ2n) is 6.60. The van der Waals surface area contributed by atoms with E-state index in [0.717, 1.165) is 11.3 Å². The van der Waals surface area contributed by atoms with Crippen molar-refractivity contribution in [3.05, 3.63) is 101 Å². The summed E-state index contributed by atoms with van der Waals surface area (Å²) < 4.78 is 13.0. The molecule has 0 aliphatic heterocycles. The van der Waals surface area contributed by atoms with Gasteiger partial charge in [0.05, 0.1) is 0 Å². The van der Waals surface area contributed by atoms with Gasteiger partial charge in [-0.1, -0.05) is 36.4 Å². The number of carbonyl (C=O) groups excluding carboxylic acids is 2. The van der Waals surface area contributed by atoms with Crippen molar-refractivity contribution in [2.45, 2.75) is 13.3 Å². The molecule has 0 aromatic heterocycles. The molecule has 4 nitrogen and oxygen atoms in total. The largest absolute Gasteiger partial charge is 0.352 e. The molecular weight excluding hydrogens is 367 g/mol. The Morgan fingerprint density at radius 3 is 2.28 bits per heavy atom. The number of nitrogens with zero attached hydrogens (tertiary/aromatic N) is 1. The third kappa shape index (κ3) is 5.29. The predicted molar refractivity (Wildman–Crippen MR) is 113 cm³/mol. The van der Waals surface area contributed by atoms with Crippen LogP contribution in [0.15, 0.2) is 78.9 Å². The number of halogens is 1. The molecule has 148 valence electrons. The van der Waals surface area contributed by atoms with Gasteiger partial charge in [-0.2, -0.15) is 0 Å². The molecule has 0 fully saturated rings. The quantitative estimate of drug-likeness (QED) is 0.647. The highest BCUT2D eigenvalue weighted by molar-refractivity contribution is 6.07. The first-order chi connectivity index (χ1) is 14.1. The van der Waals surface area contributed by atoms with Crippen LogP contribution in [-0.2, 0) is 6.42 Å². The minimum Gasteiger partial charge on any atom is -0.352 e. The summed E-state index contributed by atoms with van der Waals surface area (Å²) in [5.41, 5.74) is 2.65. The summed E-state index contributed by atoms with van der Waals surface area (Å²) in [6, 6.07) is 22.4. The van der Waals surface area contributed by atoms with E-state index in [2.05, 4.69) is 5.32 Å². The van der Waals surface area contributed by atoms with Gasteiger partial charge in [0.1, 0.15) is 5.82 Å². The number of para-hydroxylation sites is 1. The van der Waals surface area contributed by atoms with Gasteiger partial charge in [-0.25, -0.2) is 4.39 Å². The minimum absolute atomic E-state index is 0.153. The van der Waals surface area contributed by atoms with Gasteiger partial charge in [-0.3, -0.25) is 9.59 Å². The van der Waals surface area contributed by atoms with Crippen molar-refractivity contribution in [3.8, 4) is 0 Å². The van der Waals surface area contributed by atoms with E-state index in [1.165, 1.54) is 12.1 Å². The predicted octanol–water partition coefficient (Wildman–Crippen LogP) is 4.46. The molecule has 0 aliphatic carbocycles. The highest BCUT2D eigenvalue weighted by Crippen LogP contribution is 2.17. The monoisotopic (exact) mass is 390 g/mol. The van der Waals surface area contributed by atoms with Gasteiger partial charge in [0.25, 0.3) is 11.8 Å². The summed E-state index contributed by atoms with van der Waals surface area (Å²) in [7, 11) is 0. The molecule has 2 amide bonds. The van der Waals surface area contributed by atoms with Crippen molar-refractivity contribution in [3.63, 3.8) is 0 Å².